The Kier molecular flexibility index (Phi) is 25.5. The number of carbonyl (C=O) groups is 4. The van der Waals surface area contributed by atoms with E-state index in [1.807, 2.05) is 0 Å². The first-order valence-corrected chi connectivity index (χ1v) is 21.5. The van der Waals surface area contributed by atoms with Gasteiger partial charge in [-0.05, 0) is 140 Å². The Bertz CT molecular complexity index is 1090. The average Bonchev–Trinajstić information content (AvgIpc) is 3.21. The number of aliphatic carboxylic acids is 2. The molecule has 0 aromatic heterocycles. The standard InChI is InChI=1S/2C19H36N2O4.C4H4O4/c2*1-13(9-14-3-6-16(25-2)7-4-14)20-11-19(24)15-5-8-18(23)17(10-15)21-12-22;5-3(6)1-2-4(7)8/h2*12-20,23-24H,3-11H2,1-2H3,(H,21,22);1-2H,(H,5,6)(H,7,8)/b;;2-1+. The number of aliphatic hydroxyl groups is 4. The molecule has 0 bridgehead atoms. The average molecular weight is 829 g/mol. The predicted octanol–water partition coefficient (Wildman–Crippen LogP) is 2.10. The van der Waals surface area contributed by atoms with Gasteiger partial charge in [0.05, 0.1) is 48.7 Å². The summed E-state index contributed by atoms with van der Waals surface area (Å²) in [5.74, 6) is -0.774. The normalized spacial score (nSPS) is 32.1. The van der Waals surface area contributed by atoms with E-state index in [-0.39, 0.29) is 23.9 Å². The molecule has 10 atom stereocenters. The van der Waals surface area contributed by atoms with Crippen molar-refractivity contribution >= 4 is 24.8 Å². The highest BCUT2D eigenvalue weighted by molar-refractivity contribution is 5.89. The van der Waals surface area contributed by atoms with Crippen molar-refractivity contribution in [2.45, 2.75) is 177 Å². The van der Waals surface area contributed by atoms with Gasteiger partial charge >= 0.3 is 11.9 Å². The minimum Gasteiger partial charge on any atom is -0.478 e. The summed E-state index contributed by atoms with van der Waals surface area (Å²) in [5.41, 5.74) is 0. The molecule has 4 aliphatic rings. The van der Waals surface area contributed by atoms with Crippen LogP contribution in [0.4, 0.5) is 0 Å². The molecule has 0 saturated heterocycles. The van der Waals surface area contributed by atoms with Crippen LogP contribution >= 0.6 is 0 Å². The van der Waals surface area contributed by atoms with Crippen LogP contribution in [0.15, 0.2) is 12.2 Å². The summed E-state index contributed by atoms with van der Waals surface area (Å²) in [7, 11) is 3.60. The van der Waals surface area contributed by atoms with Gasteiger partial charge in [-0.2, -0.15) is 0 Å². The second-order valence-electron chi connectivity index (χ2n) is 17.1. The molecule has 16 nitrogen and oxygen atoms in total. The van der Waals surface area contributed by atoms with Crippen LogP contribution in [-0.2, 0) is 28.7 Å². The summed E-state index contributed by atoms with van der Waals surface area (Å²) >= 11 is 0. The van der Waals surface area contributed by atoms with Crippen molar-refractivity contribution in [1.29, 1.82) is 0 Å². The Morgan fingerprint density at radius 1 is 0.603 bits per heavy atom. The monoisotopic (exact) mass is 829 g/mol. The molecule has 2 amide bonds. The molecule has 10 N–H and O–H groups in total. The lowest BCUT2D eigenvalue weighted by atomic mass is 9.80. The summed E-state index contributed by atoms with van der Waals surface area (Å²) in [4.78, 5) is 40.4. The molecule has 0 aromatic carbocycles. The number of hydrogen-bond donors (Lipinski definition) is 10. The van der Waals surface area contributed by atoms with Crippen molar-refractivity contribution in [2.24, 2.45) is 23.7 Å². The molecule has 336 valence electrons. The third kappa shape index (κ3) is 20.5. The van der Waals surface area contributed by atoms with E-state index in [4.69, 9.17) is 19.7 Å². The summed E-state index contributed by atoms with van der Waals surface area (Å²) in [6, 6.07) is 0.298. The van der Waals surface area contributed by atoms with E-state index in [2.05, 4.69) is 35.1 Å². The maximum Gasteiger partial charge on any atom is 0.328 e. The molecule has 58 heavy (non-hydrogen) atoms. The van der Waals surface area contributed by atoms with Gasteiger partial charge in [0.1, 0.15) is 0 Å². The molecule has 16 heteroatoms. The molecular weight excluding hydrogens is 752 g/mol. The minimum absolute atomic E-state index is 0.123. The number of nitrogens with one attached hydrogen (secondary N) is 4. The molecular formula is C42H76N4O12. The van der Waals surface area contributed by atoms with Crippen molar-refractivity contribution in [3.63, 3.8) is 0 Å². The zero-order chi connectivity index (χ0) is 43.0. The van der Waals surface area contributed by atoms with E-state index in [9.17, 15) is 39.6 Å². The van der Waals surface area contributed by atoms with Gasteiger partial charge in [-0.3, -0.25) is 9.59 Å². The fraction of sp³-hybridized carbons (Fsp3) is 0.857. The van der Waals surface area contributed by atoms with Crippen molar-refractivity contribution < 1.29 is 59.3 Å². The highest BCUT2D eigenvalue weighted by Gasteiger charge is 2.34. The van der Waals surface area contributed by atoms with E-state index < -0.39 is 36.4 Å². The summed E-state index contributed by atoms with van der Waals surface area (Å²) in [6.07, 6.45) is 17.4. The highest BCUT2D eigenvalue weighted by Crippen LogP contribution is 2.32. The number of carboxylic acid groups (broad SMARTS) is 2. The fourth-order valence-corrected chi connectivity index (χ4v) is 9.10. The van der Waals surface area contributed by atoms with Gasteiger partial charge in [-0.25, -0.2) is 9.59 Å². The molecule has 0 aliphatic heterocycles. The number of hydrogen-bond acceptors (Lipinski definition) is 12. The van der Waals surface area contributed by atoms with Gasteiger partial charge < -0.3 is 61.4 Å². The number of amides is 2. The van der Waals surface area contributed by atoms with Crippen LogP contribution in [0.1, 0.15) is 117 Å². The van der Waals surface area contributed by atoms with Crippen LogP contribution in [0.25, 0.3) is 0 Å². The van der Waals surface area contributed by atoms with Crippen LogP contribution in [0.3, 0.4) is 0 Å². The van der Waals surface area contributed by atoms with Crippen LogP contribution in [0.5, 0.6) is 0 Å². The molecule has 0 spiro atoms. The topological polar surface area (TPSA) is 256 Å². The van der Waals surface area contributed by atoms with E-state index in [0.717, 1.165) is 63.2 Å². The Labute approximate surface area is 345 Å². The van der Waals surface area contributed by atoms with E-state index in [0.29, 0.717) is 88.0 Å². The molecule has 0 heterocycles. The minimum atomic E-state index is -1.26. The second kappa shape index (κ2) is 28.7. The van der Waals surface area contributed by atoms with E-state index >= 15 is 0 Å². The number of ether oxygens (including phenoxy) is 2. The molecule has 4 rings (SSSR count). The number of carboxylic acids is 2. The number of methoxy groups -OCH3 is 2. The molecule has 0 radical (unpaired) electrons. The van der Waals surface area contributed by atoms with E-state index in [1.165, 1.54) is 25.7 Å². The Morgan fingerprint density at radius 2 is 0.948 bits per heavy atom. The number of carbonyl (C=O) groups excluding carboxylic acids is 2. The summed E-state index contributed by atoms with van der Waals surface area (Å²) in [5, 5.41) is 68.7. The van der Waals surface area contributed by atoms with Gasteiger partial charge in [-0.15, -0.1) is 0 Å². The number of aliphatic hydroxyl groups excluding tert-OH is 4. The zero-order valence-electron chi connectivity index (χ0n) is 35.3. The van der Waals surface area contributed by atoms with Crippen molar-refractivity contribution in [2.75, 3.05) is 27.3 Å². The van der Waals surface area contributed by atoms with Crippen molar-refractivity contribution in [3.05, 3.63) is 12.2 Å². The maximum absolute atomic E-state index is 10.6. The third-order valence-corrected chi connectivity index (χ3v) is 12.7. The quantitative estimate of drug-likeness (QED) is 0.0624. The highest BCUT2D eigenvalue weighted by atomic mass is 16.5. The molecule has 4 fully saturated rings. The second-order valence-corrected chi connectivity index (χ2v) is 17.1. The summed E-state index contributed by atoms with van der Waals surface area (Å²) < 4.78 is 10.9. The lowest BCUT2D eigenvalue weighted by Gasteiger charge is -2.36. The maximum atomic E-state index is 10.6. The smallest absolute Gasteiger partial charge is 0.328 e. The van der Waals surface area contributed by atoms with Crippen molar-refractivity contribution in [3.8, 4) is 0 Å². The summed E-state index contributed by atoms with van der Waals surface area (Å²) in [6.45, 7) is 5.53. The van der Waals surface area contributed by atoms with Crippen LogP contribution in [0.2, 0.25) is 0 Å². The van der Waals surface area contributed by atoms with Gasteiger partial charge in [-0.1, -0.05) is 0 Å². The zero-order valence-corrected chi connectivity index (χ0v) is 35.3. The predicted molar refractivity (Wildman–Crippen MR) is 219 cm³/mol. The van der Waals surface area contributed by atoms with Crippen LogP contribution in [-0.4, -0.2) is 143 Å². The van der Waals surface area contributed by atoms with Crippen LogP contribution < -0.4 is 21.3 Å². The Hall–Kier alpha value is -2.70. The Morgan fingerprint density at radius 3 is 1.24 bits per heavy atom. The van der Waals surface area contributed by atoms with Gasteiger partial charge in [0.2, 0.25) is 12.8 Å². The molecule has 10 unspecified atom stereocenters. The fourth-order valence-electron chi connectivity index (χ4n) is 9.10. The SMILES string of the molecule is COC1CCC(CC(C)NCC(O)C2CCC(O)C(NC=O)C2)CC1.COC1CCC(CC(C)NCC(O)C2CCC(O)C(NC=O)C2)CC1.O=C(O)/C=C/C(=O)O. The van der Waals surface area contributed by atoms with Gasteiger partial charge in [0, 0.05) is 51.5 Å². The largest absolute Gasteiger partial charge is 0.478 e. The molecule has 4 saturated carbocycles. The van der Waals surface area contributed by atoms with Gasteiger partial charge in [0.25, 0.3) is 0 Å². The molecule has 4 aliphatic carbocycles. The Balaban J connectivity index is 0.000000337. The third-order valence-electron chi connectivity index (χ3n) is 12.7. The first-order valence-electron chi connectivity index (χ1n) is 21.5. The van der Waals surface area contributed by atoms with Gasteiger partial charge in [0.15, 0.2) is 0 Å². The lowest BCUT2D eigenvalue weighted by molar-refractivity contribution is -0.134. The van der Waals surface area contributed by atoms with Crippen LogP contribution in [0, 0.1) is 23.7 Å². The van der Waals surface area contributed by atoms with E-state index in [1.54, 1.807) is 14.2 Å². The first-order chi connectivity index (χ1) is 27.7. The van der Waals surface area contributed by atoms with Crippen molar-refractivity contribution in [1.82, 2.24) is 21.3 Å². The number of rotatable bonds is 20. The molecule has 0 aromatic rings. The lowest BCUT2D eigenvalue weighted by Crippen LogP contribution is -2.48. The first kappa shape index (κ1) is 51.4.